The zero-order valence-corrected chi connectivity index (χ0v) is 15.7. The summed E-state index contributed by atoms with van der Waals surface area (Å²) >= 11 is 0. The fourth-order valence-electron chi connectivity index (χ4n) is 3.21. The molecule has 0 radical (unpaired) electrons. The van der Waals surface area contributed by atoms with Gasteiger partial charge in [0, 0.05) is 54.2 Å². The maximum absolute atomic E-state index is 5.81. The van der Waals surface area contributed by atoms with Gasteiger partial charge in [0.25, 0.3) is 0 Å². The molecule has 1 atom stereocenters. The standard InChI is InChI=1S/C20H22N6O/c1-12(16-6-13(2)26-17-4-5-27-20(16)17)8-23-19-7-18(24-11-25-19)15-9-21-14(3)22-10-15/h6-7,9-12H,4-5,8H2,1-3H3,(H,23,24,25). The molecule has 3 aromatic rings. The maximum atomic E-state index is 5.81. The lowest BCUT2D eigenvalue weighted by Gasteiger charge is -2.17. The zero-order chi connectivity index (χ0) is 18.8. The van der Waals surface area contributed by atoms with Crippen molar-refractivity contribution in [1.29, 1.82) is 0 Å². The number of ether oxygens (including phenoxy) is 1. The molecule has 0 saturated carbocycles. The van der Waals surface area contributed by atoms with Crippen LogP contribution in [0.1, 0.15) is 35.6 Å². The normalized spacial score (nSPS) is 13.7. The molecule has 138 valence electrons. The highest BCUT2D eigenvalue weighted by atomic mass is 16.5. The van der Waals surface area contributed by atoms with Crippen LogP contribution < -0.4 is 10.1 Å². The summed E-state index contributed by atoms with van der Waals surface area (Å²) in [5.41, 5.74) is 4.97. The van der Waals surface area contributed by atoms with Gasteiger partial charge in [0.05, 0.1) is 18.0 Å². The van der Waals surface area contributed by atoms with Crippen LogP contribution in [0.15, 0.2) is 30.9 Å². The van der Waals surface area contributed by atoms with Crippen molar-refractivity contribution < 1.29 is 4.74 Å². The molecule has 0 bridgehead atoms. The van der Waals surface area contributed by atoms with Crippen LogP contribution in [0.25, 0.3) is 11.3 Å². The maximum Gasteiger partial charge on any atom is 0.144 e. The molecule has 7 nitrogen and oxygen atoms in total. The third kappa shape index (κ3) is 3.72. The summed E-state index contributed by atoms with van der Waals surface area (Å²) in [6.07, 6.45) is 5.99. The van der Waals surface area contributed by atoms with E-state index < -0.39 is 0 Å². The average molecular weight is 362 g/mol. The Bertz CT molecular complexity index is 957. The van der Waals surface area contributed by atoms with E-state index in [1.165, 1.54) is 5.56 Å². The quantitative estimate of drug-likeness (QED) is 0.746. The highest BCUT2D eigenvalue weighted by Crippen LogP contribution is 2.34. The van der Waals surface area contributed by atoms with Gasteiger partial charge in [-0.3, -0.25) is 4.98 Å². The second kappa shape index (κ2) is 7.26. The van der Waals surface area contributed by atoms with Gasteiger partial charge >= 0.3 is 0 Å². The van der Waals surface area contributed by atoms with Crippen LogP contribution in [0.5, 0.6) is 5.75 Å². The highest BCUT2D eigenvalue weighted by molar-refractivity contribution is 5.60. The summed E-state index contributed by atoms with van der Waals surface area (Å²) in [6.45, 7) is 7.52. The topological polar surface area (TPSA) is 85.7 Å². The predicted octanol–water partition coefficient (Wildman–Crippen LogP) is 3.10. The molecule has 0 saturated heterocycles. The largest absolute Gasteiger partial charge is 0.491 e. The van der Waals surface area contributed by atoms with E-state index in [9.17, 15) is 0 Å². The van der Waals surface area contributed by atoms with Gasteiger partial charge in [-0.1, -0.05) is 6.92 Å². The molecule has 4 heterocycles. The van der Waals surface area contributed by atoms with Crippen molar-refractivity contribution in [1.82, 2.24) is 24.9 Å². The Kier molecular flexibility index (Phi) is 4.66. The van der Waals surface area contributed by atoms with E-state index in [4.69, 9.17) is 4.74 Å². The number of hydrogen-bond acceptors (Lipinski definition) is 7. The molecule has 0 amide bonds. The van der Waals surface area contributed by atoms with Gasteiger partial charge in [0.15, 0.2) is 0 Å². The number of pyridine rings is 1. The van der Waals surface area contributed by atoms with Gasteiger partial charge < -0.3 is 10.1 Å². The molecule has 0 aliphatic carbocycles. The van der Waals surface area contributed by atoms with Crippen molar-refractivity contribution in [2.75, 3.05) is 18.5 Å². The van der Waals surface area contributed by atoms with Crippen LogP contribution >= 0.6 is 0 Å². The van der Waals surface area contributed by atoms with Crippen molar-refractivity contribution in [3.8, 4) is 17.0 Å². The number of nitrogens with one attached hydrogen (secondary N) is 1. The minimum atomic E-state index is 0.264. The Balaban J connectivity index is 1.49. The van der Waals surface area contributed by atoms with Crippen LogP contribution in [-0.2, 0) is 6.42 Å². The molecular weight excluding hydrogens is 340 g/mol. The van der Waals surface area contributed by atoms with Crippen molar-refractivity contribution >= 4 is 5.82 Å². The Morgan fingerprint density at radius 1 is 1.11 bits per heavy atom. The molecule has 0 spiro atoms. The van der Waals surface area contributed by atoms with Gasteiger partial charge in [-0.15, -0.1) is 0 Å². The first-order chi connectivity index (χ1) is 13.1. The molecule has 4 rings (SSSR count). The second-order valence-electron chi connectivity index (χ2n) is 6.82. The lowest BCUT2D eigenvalue weighted by molar-refractivity contribution is 0.352. The zero-order valence-electron chi connectivity index (χ0n) is 15.7. The van der Waals surface area contributed by atoms with E-state index in [2.05, 4.69) is 43.2 Å². The number of rotatable bonds is 5. The third-order valence-corrected chi connectivity index (χ3v) is 4.65. The van der Waals surface area contributed by atoms with Crippen LogP contribution in [0.3, 0.4) is 0 Å². The lowest BCUT2D eigenvalue weighted by atomic mass is 9.99. The summed E-state index contributed by atoms with van der Waals surface area (Å²) in [5.74, 6) is 2.73. The Labute approximate surface area is 158 Å². The first-order valence-corrected chi connectivity index (χ1v) is 9.08. The summed E-state index contributed by atoms with van der Waals surface area (Å²) < 4.78 is 5.81. The van der Waals surface area contributed by atoms with Crippen LogP contribution in [-0.4, -0.2) is 38.1 Å². The van der Waals surface area contributed by atoms with Gasteiger partial charge in [-0.2, -0.15) is 0 Å². The van der Waals surface area contributed by atoms with Crippen molar-refractivity contribution in [3.63, 3.8) is 0 Å². The molecule has 1 aliphatic heterocycles. The second-order valence-corrected chi connectivity index (χ2v) is 6.82. The Morgan fingerprint density at radius 2 is 1.93 bits per heavy atom. The third-order valence-electron chi connectivity index (χ3n) is 4.65. The molecule has 0 fully saturated rings. The molecule has 3 aromatic heterocycles. The summed E-state index contributed by atoms with van der Waals surface area (Å²) in [6, 6.07) is 4.03. The molecule has 1 aliphatic rings. The van der Waals surface area contributed by atoms with Crippen LogP contribution in [0, 0.1) is 13.8 Å². The smallest absolute Gasteiger partial charge is 0.144 e. The number of aromatic nitrogens is 5. The molecule has 1 unspecified atom stereocenters. The first kappa shape index (κ1) is 17.3. The number of hydrogen-bond donors (Lipinski definition) is 1. The van der Waals surface area contributed by atoms with E-state index in [1.54, 1.807) is 18.7 Å². The molecule has 0 aromatic carbocycles. The van der Waals surface area contributed by atoms with E-state index in [-0.39, 0.29) is 5.92 Å². The van der Waals surface area contributed by atoms with Gasteiger partial charge in [0.1, 0.15) is 23.7 Å². The van der Waals surface area contributed by atoms with Gasteiger partial charge in [-0.05, 0) is 19.9 Å². The molecule has 27 heavy (non-hydrogen) atoms. The van der Waals surface area contributed by atoms with Crippen molar-refractivity contribution in [2.24, 2.45) is 0 Å². The molecule has 1 N–H and O–H groups in total. The average Bonchev–Trinajstić information content (AvgIpc) is 3.14. The Hall–Kier alpha value is -3.09. The fraction of sp³-hybridized carbons (Fsp3) is 0.350. The summed E-state index contributed by atoms with van der Waals surface area (Å²) in [4.78, 5) is 21.7. The van der Waals surface area contributed by atoms with Gasteiger partial charge in [0.2, 0.25) is 0 Å². The minimum absolute atomic E-state index is 0.264. The van der Waals surface area contributed by atoms with E-state index in [0.717, 1.165) is 53.0 Å². The van der Waals surface area contributed by atoms with Crippen molar-refractivity contribution in [2.45, 2.75) is 33.1 Å². The monoisotopic (exact) mass is 362 g/mol. The number of anilines is 1. The minimum Gasteiger partial charge on any atom is -0.491 e. The van der Waals surface area contributed by atoms with Crippen LogP contribution in [0.2, 0.25) is 0 Å². The van der Waals surface area contributed by atoms with E-state index in [1.807, 2.05) is 19.9 Å². The summed E-state index contributed by atoms with van der Waals surface area (Å²) in [5, 5.41) is 3.41. The number of nitrogens with zero attached hydrogens (tertiary/aromatic N) is 5. The van der Waals surface area contributed by atoms with Crippen molar-refractivity contribution in [3.05, 3.63) is 53.6 Å². The molecular formula is C20H22N6O. The van der Waals surface area contributed by atoms with E-state index >= 15 is 0 Å². The van der Waals surface area contributed by atoms with Gasteiger partial charge in [-0.25, -0.2) is 19.9 Å². The highest BCUT2D eigenvalue weighted by Gasteiger charge is 2.22. The Morgan fingerprint density at radius 3 is 2.74 bits per heavy atom. The van der Waals surface area contributed by atoms with E-state index in [0.29, 0.717) is 6.61 Å². The predicted molar refractivity (Wildman–Crippen MR) is 103 cm³/mol. The SMILES string of the molecule is Cc1cc(C(C)CNc2cc(-c3cnc(C)nc3)ncn2)c2c(n1)CCO2. The lowest BCUT2D eigenvalue weighted by Crippen LogP contribution is -2.12. The molecule has 7 heteroatoms. The number of aryl methyl sites for hydroxylation is 2. The number of fused-ring (bicyclic) bond motifs is 1. The van der Waals surface area contributed by atoms with Crippen LogP contribution in [0.4, 0.5) is 5.82 Å². The summed E-state index contributed by atoms with van der Waals surface area (Å²) in [7, 11) is 0. The fourth-order valence-corrected chi connectivity index (χ4v) is 3.21. The first-order valence-electron chi connectivity index (χ1n) is 9.08.